The number of carboxylic acid groups (broad SMARTS) is 1. The number of carbonyl (C=O) groups is 2. The average molecular weight is 209 g/mol. The van der Waals surface area contributed by atoms with Gasteiger partial charge in [0, 0.05) is 13.1 Å². The zero-order valence-electron chi connectivity index (χ0n) is 8.17. The number of amides is 1. The first-order valence-corrected chi connectivity index (χ1v) is 4.34. The minimum Gasteiger partial charge on any atom is -0.481 e. The third-order valence-corrected chi connectivity index (χ3v) is 1.72. The van der Waals surface area contributed by atoms with Gasteiger partial charge in [-0.1, -0.05) is 0 Å². The van der Waals surface area contributed by atoms with Gasteiger partial charge in [0.2, 0.25) is 5.91 Å². The van der Waals surface area contributed by atoms with Crippen molar-refractivity contribution >= 4 is 11.9 Å². The summed E-state index contributed by atoms with van der Waals surface area (Å²) in [6, 6.07) is 0.965. The highest BCUT2D eigenvalue weighted by Crippen LogP contribution is 2.12. The van der Waals surface area contributed by atoms with E-state index in [0.29, 0.717) is 5.69 Å². The van der Waals surface area contributed by atoms with E-state index in [4.69, 9.17) is 5.11 Å². The van der Waals surface area contributed by atoms with Crippen molar-refractivity contribution in [2.45, 2.75) is 19.4 Å². The van der Waals surface area contributed by atoms with Crippen LogP contribution in [-0.4, -0.2) is 27.0 Å². The highest BCUT2D eigenvalue weighted by molar-refractivity contribution is 5.75. The molecule has 0 bridgehead atoms. The lowest BCUT2D eigenvalue weighted by Crippen LogP contribution is -2.28. The van der Waals surface area contributed by atoms with Crippen LogP contribution >= 0.6 is 0 Å². The molecule has 1 rings (SSSR count). The van der Waals surface area contributed by atoms with Crippen LogP contribution in [0, 0.1) is 0 Å². The van der Waals surface area contributed by atoms with Crippen molar-refractivity contribution in [2.24, 2.45) is 0 Å². The van der Waals surface area contributed by atoms with Gasteiger partial charge in [-0.05, 0) is 6.07 Å². The number of hydrogen-bond acceptors (Lipinski definition) is 4. The quantitative estimate of drug-likeness (QED) is 0.735. The molecule has 2 N–H and O–H groups in total. The Kier molecular flexibility index (Phi) is 3.73. The van der Waals surface area contributed by atoms with Crippen LogP contribution in [0.25, 0.3) is 0 Å². The second-order valence-corrected chi connectivity index (χ2v) is 2.99. The zero-order valence-corrected chi connectivity index (χ0v) is 8.17. The van der Waals surface area contributed by atoms with E-state index in [2.05, 4.69) is 15.3 Å². The van der Waals surface area contributed by atoms with E-state index in [1.165, 1.54) is 19.4 Å². The summed E-state index contributed by atoms with van der Waals surface area (Å²) in [6.07, 6.45) is 2.61. The Morgan fingerprint density at radius 1 is 1.60 bits per heavy atom. The fourth-order valence-electron chi connectivity index (χ4n) is 1.16. The van der Waals surface area contributed by atoms with E-state index < -0.39 is 12.0 Å². The molecule has 6 heteroatoms. The van der Waals surface area contributed by atoms with Gasteiger partial charge in [-0.25, -0.2) is 9.97 Å². The number of nitrogens with one attached hydrogen (secondary N) is 1. The Morgan fingerprint density at radius 2 is 2.33 bits per heavy atom. The van der Waals surface area contributed by atoms with Crippen LogP contribution in [-0.2, 0) is 9.59 Å². The van der Waals surface area contributed by atoms with Crippen LogP contribution in [0.3, 0.4) is 0 Å². The number of carboxylic acids is 1. The maximum Gasteiger partial charge on any atom is 0.305 e. The molecule has 0 aliphatic rings. The predicted molar refractivity (Wildman–Crippen MR) is 50.8 cm³/mol. The maximum absolute atomic E-state index is 10.9. The first kappa shape index (κ1) is 11.1. The highest BCUT2D eigenvalue weighted by atomic mass is 16.4. The monoisotopic (exact) mass is 209 g/mol. The molecule has 1 aromatic rings. The van der Waals surface area contributed by atoms with Crippen molar-refractivity contribution in [3.8, 4) is 0 Å². The molecule has 0 unspecified atom stereocenters. The number of hydrogen-bond donors (Lipinski definition) is 2. The van der Waals surface area contributed by atoms with E-state index in [1.807, 2.05) is 0 Å². The molecule has 0 spiro atoms. The molecule has 80 valence electrons. The summed E-state index contributed by atoms with van der Waals surface area (Å²) in [5, 5.41) is 11.2. The number of carbonyl (C=O) groups excluding carboxylic acids is 1. The van der Waals surface area contributed by atoms with Crippen molar-refractivity contribution in [1.29, 1.82) is 0 Å². The fourth-order valence-corrected chi connectivity index (χ4v) is 1.16. The minimum absolute atomic E-state index is 0.198. The van der Waals surface area contributed by atoms with Gasteiger partial charge in [-0.15, -0.1) is 0 Å². The summed E-state index contributed by atoms with van der Waals surface area (Å²) >= 11 is 0. The fraction of sp³-hybridized carbons (Fsp3) is 0.333. The van der Waals surface area contributed by atoms with E-state index in [0.717, 1.165) is 0 Å². The average Bonchev–Trinajstić information content (AvgIpc) is 2.17. The molecule has 15 heavy (non-hydrogen) atoms. The first-order valence-electron chi connectivity index (χ1n) is 4.34. The molecule has 0 fully saturated rings. The van der Waals surface area contributed by atoms with Gasteiger partial charge in [0.1, 0.15) is 6.33 Å². The van der Waals surface area contributed by atoms with E-state index in [1.54, 1.807) is 6.07 Å². The summed E-state index contributed by atoms with van der Waals surface area (Å²) < 4.78 is 0. The molecule has 0 radical (unpaired) electrons. The lowest BCUT2D eigenvalue weighted by Gasteiger charge is -2.14. The minimum atomic E-state index is -0.993. The molecular weight excluding hydrogens is 198 g/mol. The molecular formula is C9H11N3O3. The van der Waals surface area contributed by atoms with Gasteiger partial charge >= 0.3 is 5.97 Å². The number of aliphatic carboxylic acids is 1. The van der Waals surface area contributed by atoms with Crippen LogP contribution in [0.1, 0.15) is 25.1 Å². The smallest absolute Gasteiger partial charge is 0.305 e. The van der Waals surface area contributed by atoms with Gasteiger partial charge in [0.15, 0.2) is 0 Å². The van der Waals surface area contributed by atoms with Crippen LogP contribution < -0.4 is 5.32 Å². The molecule has 1 aromatic heterocycles. The van der Waals surface area contributed by atoms with Crippen molar-refractivity contribution in [2.75, 3.05) is 0 Å². The van der Waals surface area contributed by atoms with Crippen molar-refractivity contribution in [1.82, 2.24) is 15.3 Å². The number of nitrogens with zero attached hydrogens (tertiary/aromatic N) is 2. The topological polar surface area (TPSA) is 92.2 Å². The maximum atomic E-state index is 10.9. The SMILES string of the molecule is CC(=O)N[C@@H](CC(=O)O)c1ccncn1. The largest absolute Gasteiger partial charge is 0.481 e. The number of rotatable bonds is 4. The molecule has 0 aliphatic heterocycles. The molecule has 0 aromatic carbocycles. The van der Waals surface area contributed by atoms with Gasteiger partial charge in [0.25, 0.3) is 0 Å². The van der Waals surface area contributed by atoms with Crippen LogP contribution in [0.15, 0.2) is 18.6 Å². The van der Waals surface area contributed by atoms with E-state index >= 15 is 0 Å². The van der Waals surface area contributed by atoms with Crippen molar-refractivity contribution in [3.63, 3.8) is 0 Å². The molecule has 1 amide bonds. The second kappa shape index (κ2) is 5.04. The summed E-state index contributed by atoms with van der Waals surface area (Å²) in [7, 11) is 0. The van der Waals surface area contributed by atoms with E-state index in [9.17, 15) is 9.59 Å². The summed E-state index contributed by atoms with van der Waals surface area (Å²) in [5.74, 6) is -1.28. The first-order chi connectivity index (χ1) is 7.09. The Morgan fingerprint density at radius 3 is 2.80 bits per heavy atom. The normalized spacial score (nSPS) is 11.8. The van der Waals surface area contributed by atoms with Crippen LogP contribution in [0.5, 0.6) is 0 Å². The highest BCUT2D eigenvalue weighted by Gasteiger charge is 2.17. The zero-order chi connectivity index (χ0) is 11.3. The Hall–Kier alpha value is -1.98. The molecule has 0 saturated carbocycles. The van der Waals surface area contributed by atoms with Crippen molar-refractivity contribution < 1.29 is 14.7 Å². The summed E-state index contributed by atoms with van der Waals surface area (Å²) in [4.78, 5) is 29.0. The van der Waals surface area contributed by atoms with E-state index in [-0.39, 0.29) is 12.3 Å². The predicted octanol–water partition coefficient (Wildman–Crippen LogP) is 0.128. The molecule has 1 atom stereocenters. The molecule has 0 saturated heterocycles. The molecule has 6 nitrogen and oxygen atoms in total. The van der Waals surface area contributed by atoms with Crippen LogP contribution in [0.2, 0.25) is 0 Å². The summed E-state index contributed by atoms with van der Waals surface area (Å²) in [5.41, 5.74) is 0.489. The summed E-state index contributed by atoms with van der Waals surface area (Å²) in [6.45, 7) is 1.33. The third kappa shape index (κ3) is 3.72. The standard InChI is InChI=1S/C9H11N3O3/c1-6(13)12-8(4-9(14)15)7-2-3-10-5-11-7/h2-3,5,8H,4H2,1H3,(H,12,13)(H,14,15)/t8-/m0/s1. The Balaban J connectivity index is 2.81. The Bertz CT molecular complexity index is 337. The lowest BCUT2D eigenvalue weighted by molar-refractivity contribution is -0.137. The number of aromatic nitrogens is 2. The second-order valence-electron chi connectivity index (χ2n) is 2.99. The van der Waals surface area contributed by atoms with Gasteiger partial charge in [0.05, 0.1) is 18.2 Å². The van der Waals surface area contributed by atoms with Crippen LogP contribution in [0.4, 0.5) is 0 Å². The van der Waals surface area contributed by atoms with Crippen molar-refractivity contribution in [3.05, 3.63) is 24.3 Å². The Labute approximate surface area is 86.4 Å². The van der Waals surface area contributed by atoms with Gasteiger partial charge < -0.3 is 10.4 Å². The van der Waals surface area contributed by atoms with Gasteiger partial charge in [-0.2, -0.15) is 0 Å². The lowest BCUT2D eigenvalue weighted by atomic mass is 10.1. The molecule has 1 heterocycles. The molecule has 0 aliphatic carbocycles. The van der Waals surface area contributed by atoms with Gasteiger partial charge in [-0.3, -0.25) is 9.59 Å². The third-order valence-electron chi connectivity index (χ3n) is 1.72.